The lowest BCUT2D eigenvalue weighted by molar-refractivity contribution is -0.885. The number of rotatable bonds is 6. The van der Waals surface area contributed by atoms with Crippen molar-refractivity contribution in [2.45, 2.75) is 6.54 Å². The summed E-state index contributed by atoms with van der Waals surface area (Å²) in [6.07, 6.45) is 0. The lowest BCUT2D eigenvalue weighted by Crippen LogP contribution is -3.08. The molecule has 0 spiro atoms. The Morgan fingerprint density at radius 3 is 2.90 bits per heavy atom. The van der Waals surface area contributed by atoms with E-state index in [4.69, 9.17) is 0 Å². The van der Waals surface area contributed by atoms with Crippen LogP contribution in [0.25, 0.3) is 0 Å². The van der Waals surface area contributed by atoms with E-state index in [0.29, 0.717) is 12.2 Å². The van der Waals surface area contributed by atoms with Crippen molar-refractivity contribution < 1.29 is 14.6 Å². The number of amides is 1. The van der Waals surface area contributed by atoms with E-state index in [0.717, 1.165) is 11.4 Å². The second-order valence-electron chi connectivity index (χ2n) is 4.80. The fraction of sp³-hybridized carbons (Fsp3) is 0.214. The Kier molecular flexibility index (Phi) is 5.02. The number of anilines is 1. The predicted molar refractivity (Wildman–Crippen MR) is 81.5 cm³/mol. The molecule has 0 aliphatic rings. The van der Waals surface area contributed by atoms with Crippen molar-refractivity contribution in [1.82, 2.24) is 0 Å². The first-order valence-corrected chi connectivity index (χ1v) is 7.35. The van der Waals surface area contributed by atoms with Crippen LogP contribution in [-0.4, -0.2) is 24.4 Å². The van der Waals surface area contributed by atoms with E-state index >= 15 is 0 Å². The summed E-state index contributed by atoms with van der Waals surface area (Å²) in [7, 11) is 1.94. The van der Waals surface area contributed by atoms with Crippen molar-refractivity contribution in [2.24, 2.45) is 0 Å². The van der Waals surface area contributed by atoms with Gasteiger partial charge in [0.25, 0.3) is 11.6 Å². The van der Waals surface area contributed by atoms with Crippen LogP contribution >= 0.6 is 11.3 Å². The van der Waals surface area contributed by atoms with Gasteiger partial charge in [-0.05, 0) is 22.9 Å². The summed E-state index contributed by atoms with van der Waals surface area (Å²) >= 11 is 1.63. The third kappa shape index (κ3) is 4.66. The van der Waals surface area contributed by atoms with Crippen molar-refractivity contribution in [1.29, 1.82) is 0 Å². The lowest BCUT2D eigenvalue weighted by atomic mass is 10.2. The number of benzene rings is 1. The molecule has 6 nitrogen and oxygen atoms in total. The van der Waals surface area contributed by atoms with Gasteiger partial charge in [-0.3, -0.25) is 14.9 Å². The maximum Gasteiger partial charge on any atom is 0.279 e. The van der Waals surface area contributed by atoms with Crippen LogP contribution in [0.3, 0.4) is 0 Å². The molecule has 1 aromatic heterocycles. The van der Waals surface area contributed by atoms with Gasteiger partial charge >= 0.3 is 0 Å². The lowest BCUT2D eigenvalue weighted by Gasteiger charge is -2.13. The summed E-state index contributed by atoms with van der Waals surface area (Å²) < 4.78 is 0. The molecule has 0 aliphatic heterocycles. The van der Waals surface area contributed by atoms with Crippen molar-refractivity contribution in [3.8, 4) is 0 Å². The third-order valence-electron chi connectivity index (χ3n) is 2.89. The highest BCUT2D eigenvalue weighted by Gasteiger charge is 2.12. The Morgan fingerprint density at radius 1 is 1.43 bits per heavy atom. The van der Waals surface area contributed by atoms with E-state index in [1.54, 1.807) is 23.5 Å². The van der Waals surface area contributed by atoms with Gasteiger partial charge in [0.05, 0.1) is 12.0 Å². The van der Waals surface area contributed by atoms with Crippen molar-refractivity contribution in [3.63, 3.8) is 0 Å². The molecule has 0 aliphatic carbocycles. The highest BCUT2D eigenvalue weighted by molar-refractivity contribution is 7.07. The number of nitro benzene ring substituents is 1. The Morgan fingerprint density at radius 2 is 2.24 bits per heavy atom. The fourth-order valence-electron chi connectivity index (χ4n) is 1.98. The van der Waals surface area contributed by atoms with Crippen LogP contribution in [0, 0.1) is 10.1 Å². The molecular weight excluding hydrogens is 290 g/mol. The highest BCUT2D eigenvalue weighted by atomic mass is 32.1. The normalized spacial score (nSPS) is 11.9. The number of quaternary nitrogens is 1. The zero-order valence-electron chi connectivity index (χ0n) is 11.5. The molecule has 2 aromatic rings. The Labute approximate surface area is 126 Å². The van der Waals surface area contributed by atoms with Crippen LogP contribution in [-0.2, 0) is 11.3 Å². The van der Waals surface area contributed by atoms with Gasteiger partial charge < -0.3 is 10.2 Å². The number of hydrogen-bond acceptors (Lipinski definition) is 4. The third-order valence-corrected chi connectivity index (χ3v) is 3.62. The molecule has 0 saturated heterocycles. The summed E-state index contributed by atoms with van der Waals surface area (Å²) in [5.41, 5.74) is 1.60. The van der Waals surface area contributed by atoms with E-state index in [-0.39, 0.29) is 11.6 Å². The summed E-state index contributed by atoms with van der Waals surface area (Å²) in [6, 6.07) is 7.97. The van der Waals surface area contributed by atoms with Crippen LogP contribution in [0.1, 0.15) is 5.56 Å². The number of likely N-dealkylation sites (N-methyl/N-ethyl adjacent to an activating group) is 1. The van der Waals surface area contributed by atoms with Crippen molar-refractivity contribution in [2.75, 3.05) is 18.9 Å². The number of carbonyl (C=O) groups excluding carboxylic acids is 1. The number of thiophene rings is 1. The van der Waals surface area contributed by atoms with Gasteiger partial charge in [-0.2, -0.15) is 11.3 Å². The summed E-state index contributed by atoms with van der Waals surface area (Å²) in [5.74, 6) is -0.164. The minimum atomic E-state index is -0.483. The molecule has 110 valence electrons. The van der Waals surface area contributed by atoms with E-state index in [9.17, 15) is 14.9 Å². The largest absolute Gasteiger partial charge is 0.326 e. The number of non-ortho nitro benzene ring substituents is 1. The van der Waals surface area contributed by atoms with E-state index in [1.807, 2.05) is 18.5 Å². The average Bonchev–Trinajstić information content (AvgIpc) is 2.91. The zero-order chi connectivity index (χ0) is 15.2. The quantitative estimate of drug-likeness (QED) is 0.624. The van der Waals surface area contributed by atoms with Crippen LogP contribution in [0.5, 0.6) is 0 Å². The molecule has 0 bridgehead atoms. The zero-order valence-corrected chi connectivity index (χ0v) is 12.4. The molecule has 21 heavy (non-hydrogen) atoms. The van der Waals surface area contributed by atoms with E-state index in [2.05, 4.69) is 10.7 Å². The summed E-state index contributed by atoms with van der Waals surface area (Å²) in [4.78, 5) is 23.2. The SMILES string of the molecule is C[NH+](CC(=O)Nc1cccc([N+](=O)[O-])c1)Cc1ccsc1. The first kappa shape index (κ1) is 15.1. The second-order valence-corrected chi connectivity index (χ2v) is 5.58. The molecule has 2 rings (SSSR count). The smallest absolute Gasteiger partial charge is 0.279 e. The molecule has 1 amide bonds. The fourth-order valence-corrected chi connectivity index (χ4v) is 2.65. The maximum absolute atomic E-state index is 11.9. The van der Waals surface area contributed by atoms with Gasteiger partial charge in [-0.25, -0.2) is 0 Å². The number of nitrogens with one attached hydrogen (secondary N) is 2. The average molecular weight is 306 g/mol. The van der Waals surface area contributed by atoms with Crippen molar-refractivity contribution in [3.05, 3.63) is 56.8 Å². The minimum Gasteiger partial charge on any atom is -0.326 e. The van der Waals surface area contributed by atoms with Crippen LogP contribution in [0.15, 0.2) is 41.1 Å². The summed E-state index contributed by atoms with van der Waals surface area (Å²) in [6.45, 7) is 1.07. The van der Waals surface area contributed by atoms with Crippen LogP contribution in [0.4, 0.5) is 11.4 Å². The minimum absolute atomic E-state index is 0.0354. The molecule has 1 heterocycles. The van der Waals surface area contributed by atoms with Gasteiger partial charge in [0.15, 0.2) is 6.54 Å². The number of nitrogens with zero attached hydrogens (tertiary/aromatic N) is 1. The monoisotopic (exact) mass is 306 g/mol. The summed E-state index contributed by atoms with van der Waals surface area (Å²) in [5, 5.41) is 17.4. The molecule has 1 unspecified atom stereocenters. The number of carbonyl (C=O) groups is 1. The Hall–Kier alpha value is -2.25. The molecule has 2 N–H and O–H groups in total. The second kappa shape index (κ2) is 6.96. The highest BCUT2D eigenvalue weighted by Crippen LogP contribution is 2.16. The standard InChI is InChI=1S/C14H15N3O3S/c1-16(8-11-5-6-21-10-11)9-14(18)15-12-3-2-4-13(7-12)17(19)20/h2-7,10H,8-9H2,1H3,(H,15,18)/p+1. The van der Waals surface area contributed by atoms with Gasteiger partial charge in [0.1, 0.15) is 6.54 Å². The maximum atomic E-state index is 11.9. The molecule has 0 saturated carbocycles. The van der Waals surface area contributed by atoms with Crippen LogP contribution < -0.4 is 10.2 Å². The molecular formula is C14H16N3O3S+. The topological polar surface area (TPSA) is 76.7 Å². The van der Waals surface area contributed by atoms with E-state index < -0.39 is 4.92 Å². The number of nitro groups is 1. The van der Waals surface area contributed by atoms with Crippen LogP contribution in [0.2, 0.25) is 0 Å². The molecule has 0 radical (unpaired) electrons. The van der Waals surface area contributed by atoms with Gasteiger partial charge in [0, 0.05) is 23.4 Å². The van der Waals surface area contributed by atoms with Crippen molar-refractivity contribution >= 4 is 28.6 Å². The van der Waals surface area contributed by atoms with Gasteiger partial charge in [0.2, 0.25) is 0 Å². The first-order valence-electron chi connectivity index (χ1n) is 6.41. The van der Waals surface area contributed by atoms with Gasteiger partial charge in [-0.1, -0.05) is 6.07 Å². The Bertz CT molecular complexity index is 628. The van der Waals surface area contributed by atoms with E-state index in [1.165, 1.54) is 17.7 Å². The molecule has 1 atom stereocenters. The Balaban J connectivity index is 1.89. The van der Waals surface area contributed by atoms with Gasteiger partial charge in [-0.15, -0.1) is 0 Å². The molecule has 0 fully saturated rings. The predicted octanol–water partition coefficient (Wildman–Crippen LogP) is 1.31. The first-order chi connectivity index (χ1) is 10.0. The number of hydrogen-bond donors (Lipinski definition) is 2. The molecule has 7 heteroatoms. The molecule has 1 aromatic carbocycles.